The van der Waals surface area contributed by atoms with Gasteiger partial charge in [-0.25, -0.2) is 0 Å². The molecule has 0 aliphatic carbocycles. The van der Waals surface area contributed by atoms with Crippen LogP contribution in [0.1, 0.15) is 19.4 Å². The molecule has 0 radical (unpaired) electrons. The molecule has 0 unspecified atom stereocenters. The second-order valence-electron chi connectivity index (χ2n) is 4.94. The highest BCUT2D eigenvalue weighted by Crippen LogP contribution is 2.26. The van der Waals surface area contributed by atoms with Crippen LogP contribution in [0.5, 0.6) is 0 Å². The van der Waals surface area contributed by atoms with Crippen molar-refractivity contribution in [1.29, 1.82) is 0 Å². The Balaban J connectivity index is 2.64. The summed E-state index contributed by atoms with van der Waals surface area (Å²) in [6.07, 6.45) is 0. The molecule has 1 N–H and O–H groups in total. The lowest BCUT2D eigenvalue weighted by atomic mass is 10.2. The Hall–Kier alpha value is -0.0300. The lowest BCUT2D eigenvalue weighted by molar-refractivity contribution is 0.437. The Morgan fingerprint density at radius 1 is 1.33 bits per heavy atom. The van der Waals surface area contributed by atoms with Crippen LogP contribution in [-0.4, -0.2) is 37.3 Å². The molecule has 0 bridgehead atoms. The molecule has 0 fully saturated rings. The fourth-order valence-corrected chi connectivity index (χ4v) is 3.19. The number of nitrogens with zero attached hydrogens (tertiary/aromatic N) is 1. The first-order valence-electron chi connectivity index (χ1n) is 6.28. The Labute approximate surface area is 124 Å². The second-order valence-corrected chi connectivity index (χ2v) is 6.99. The minimum Gasteiger partial charge on any atom is -0.310 e. The summed E-state index contributed by atoms with van der Waals surface area (Å²) in [6, 6.07) is 7.07. The zero-order valence-electron chi connectivity index (χ0n) is 11.7. The third kappa shape index (κ3) is 6.23. The van der Waals surface area contributed by atoms with Gasteiger partial charge in [0.1, 0.15) is 0 Å². The van der Waals surface area contributed by atoms with Crippen LogP contribution in [0.25, 0.3) is 0 Å². The van der Waals surface area contributed by atoms with Crippen molar-refractivity contribution in [3.63, 3.8) is 0 Å². The first-order valence-corrected chi connectivity index (χ1v) is 8.06. The molecular formula is C14H23BrN2S. The van der Waals surface area contributed by atoms with Crippen LogP contribution < -0.4 is 5.32 Å². The lowest BCUT2D eigenvalue weighted by Gasteiger charge is -2.14. The Bertz CT molecular complexity index is 367. The first-order chi connectivity index (χ1) is 8.49. The van der Waals surface area contributed by atoms with Crippen LogP contribution in [0, 0.1) is 0 Å². The summed E-state index contributed by atoms with van der Waals surface area (Å²) in [5, 5.41) is 3.48. The van der Waals surface area contributed by atoms with Crippen molar-refractivity contribution in [1.82, 2.24) is 10.2 Å². The zero-order valence-corrected chi connectivity index (χ0v) is 14.1. The van der Waals surface area contributed by atoms with Crippen LogP contribution >= 0.6 is 27.7 Å². The van der Waals surface area contributed by atoms with Crippen LogP contribution in [0.3, 0.4) is 0 Å². The molecule has 1 rings (SSSR count). The average Bonchev–Trinajstić information content (AvgIpc) is 2.27. The van der Waals surface area contributed by atoms with Crippen molar-refractivity contribution in [3.05, 3.63) is 28.2 Å². The van der Waals surface area contributed by atoms with E-state index in [0.29, 0.717) is 6.04 Å². The minimum absolute atomic E-state index is 0.522. The van der Waals surface area contributed by atoms with Crippen molar-refractivity contribution in [2.45, 2.75) is 31.3 Å². The van der Waals surface area contributed by atoms with E-state index in [1.165, 1.54) is 10.5 Å². The molecule has 18 heavy (non-hydrogen) atoms. The topological polar surface area (TPSA) is 15.3 Å². The van der Waals surface area contributed by atoms with E-state index in [1.54, 1.807) is 0 Å². The maximum absolute atomic E-state index is 3.55. The third-order valence-electron chi connectivity index (χ3n) is 2.53. The van der Waals surface area contributed by atoms with Gasteiger partial charge in [-0.05, 0) is 31.8 Å². The number of benzene rings is 1. The maximum atomic E-state index is 3.55. The van der Waals surface area contributed by atoms with Gasteiger partial charge >= 0.3 is 0 Å². The van der Waals surface area contributed by atoms with Gasteiger partial charge in [0, 0.05) is 34.3 Å². The molecule has 2 nitrogen and oxygen atoms in total. The molecule has 102 valence electrons. The van der Waals surface area contributed by atoms with Gasteiger partial charge in [0.25, 0.3) is 0 Å². The molecule has 0 saturated heterocycles. The van der Waals surface area contributed by atoms with Gasteiger partial charge in [0.05, 0.1) is 0 Å². The second kappa shape index (κ2) is 8.20. The van der Waals surface area contributed by atoms with Crippen LogP contribution in [0.4, 0.5) is 0 Å². The molecule has 0 heterocycles. The van der Waals surface area contributed by atoms with E-state index >= 15 is 0 Å². The van der Waals surface area contributed by atoms with Crippen molar-refractivity contribution in [2.75, 3.05) is 26.4 Å². The Morgan fingerprint density at radius 2 is 2.06 bits per heavy atom. The molecule has 0 amide bonds. The quantitative estimate of drug-likeness (QED) is 0.769. The molecule has 0 spiro atoms. The SMILES string of the molecule is CC(C)NCc1ccc(Br)cc1SCCN(C)C. The summed E-state index contributed by atoms with van der Waals surface area (Å²) in [7, 11) is 4.23. The Morgan fingerprint density at radius 3 is 2.67 bits per heavy atom. The summed E-state index contributed by atoms with van der Waals surface area (Å²) in [5.74, 6) is 1.12. The molecule has 1 aromatic rings. The highest BCUT2D eigenvalue weighted by atomic mass is 79.9. The highest BCUT2D eigenvalue weighted by molar-refractivity contribution is 9.10. The summed E-state index contributed by atoms with van der Waals surface area (Å²) in [4.78, 5) is 3.59. The van der Waals surface area contributed by atoms with Crippen LogP contribution in [0.2, 0.25) is 0 Å². The van der Waals surface area contributed by atoms with Gasteiger partial charge in [0.2, 0.25) is 0 Å². The largest absolute Gasteiger partial charge is 0.310 e. The highest BCUT2D eigenvalue weighted by Gasteiger charge is 2.05. The van der Waals surface area contributed by atoms with Crippen molar-refractivity contribution < 1.29 is 0 Å². The summed E-state index contributed by atoms with van der Waals surface area (Å²) >= 11 is 5.48. The molecule has 1 aromatic carbocycles. The van der Waals surface area contributed by atoms with E-state index in [0.717, 1.165) is 23.3 Å². The van der Waals surface area contributed by atoms with Gasteiger partial charge in [-0.1, -0.05) is 35.8 Å². The molecule has 0 aliphatic rings. The van der Waals surface area contributed by atoms with Crippen LogP contribution in [0.15, 0.2) is 27.6 Å². The lowest BCUT2D eigenvalue weighted by Crippen LogP contribution is -2.22. The number of halogens is 1. The number of hydrogen-bond donors (Lipinski definition) is 1. The van der Waals surface area contributed by atoms with E-state index in [2.05, 4.69) is 72.3 Å². The number of hydrogen-bond acceptors (Lipinski definition) is 3. The zero-order chi connectivity index (χ0) is 13.5. The van der Waals surface area contributed by atoms with Gasteiger partial charge in [-0.15, -0.1) is 11.8 Å². The summed E-state index contributed by atoms with van der Waals surface area (Å²) < 4.78 is 1.16. The minimum atomic E-state index is 0.522. The molecular weight excluding hydrogens is 308 g/mol. The third-order valence-corrected chi connectivity index (χ3v) is 4.10. The molecule has 4 heteroatoms. The van der Waals surface area contributed by atoms with Crippen molar-refractivity contribution in [3.8, 4) is 0 Å². The maximum Gasteiger partial charge on any atom is 0.0218 e. The number of thioether (sulfide) groups is 1. The summed E-state index contributed by atoms with van der Waals surface area (Å²) in [6.45, 7) is 6.40. The fourth-order valence-electron chi connectivity index (χ4n) is 1.46. The van der Waals surface area contributed by atoms with Crippen molar-refractivity contribution >= 4 is 27.7 Å². The van der Waals surface area contributed by atoms with E-state index < -0.39 is 0 Å². The van der Waals surface area contributed by atoms with Gasteiger partial charge in [-0.3, -0.25) is 0 Å². The number of nitrogens with one attached hydrogen (secondary N) is 1. The number of rotatable bonds is 7. The predicted octanol–water partition coefficient (Wildman–Crippen LogP) is 3.60. The smallest absolute Gasteiger partial charge is 0.0218 e. The summed E-state index contributed by atoms with van der Waals surface area (Å²) in [5.41, 5.74) is 1.38. The van der Waals surface area contributed by atoms with Crippen LogP contribution in [-0.2, 0) is 6.54 Å². The van der Waals surface area contributed by atoms with E-state index in [9.17, 15) is 0 Å². The van der Waals surface area contributed by atoms with E-state index in [4.69, 9.17) is 0 Å². The van der Waals surface area contributed by atoms with E-state index in [-0.39, 0.29) is 0 Å². The predicted molar refractivity (Wildman–Crippen MR) is 85.4 cm³/mol. The Kier molecular flexibility index (Phi) is 7.30. The monoisotopic (exact) mass is 330 g/mol. The normalized spacial score (nSPS) is 11.5. The molecule has 0 aliphatic heterocycles. The van der Waals surface area contributed by atoms with Gasteiger partial charge < -0.3 is 10.2 Å². The average molecular weight is 331 g/mol. The van der Waals surface area contributed by atoms with E-state index in [1.807, 2.05) is 11.8 Å². The molecule has 0 aromatic heterocycles. The fraction of sp³-hybridized carbons (Fsp3) is 0.571. The first kappa shape index (κ1) is 16.0. The van der Waals surface area contributed by atoms with Crippen molar-refractivity contribution in [2.24, 2.45) is 0 Å². The molecule has 0 saturated carbocycles. The van der Waals surface area contributed by atoms with Gasteiger partial charge in [-0.2, -0.15) is 0 Å². The van der Waals surface area contributed by atoms with Gasteiger partial charge in [0.15, 0.2) is 0 Å². The standard InChI is InChI=1S/C14H23BrN2S/c1-11(2)16-10-12-5-6-13(15)9-14(12)18-8-7-17(3)4/h5-6,9,11,16H,7-8,10H2,1-4H3. The molecule has 0 atom stereocenters.